The Hall–Kier alpha value is -1.86. The number of carbonyl (C=O) groups excluding carboxylic acids is 1. The molecule has 1 heterocycles. The number of nitrogens with zero attached hydrogens (tertiary/aromatic N) is 1. The summed E-state index contributed by atoms with van der Waals surface area (Å²) in [6.45, 7) is 2.05. The zero-order valence-electron chi connectivity index (χ0n) is 10.1. The van der Waals surface area contributed by atoms with E-state index in [1.165, 1.54) is 0 Å². The maximum Gasteiger partial charge on any atom is 0.241 e. The molecule has 1 amide bonds. The summed E-state index contributed by atoms with van der Waals surface area (Å²) in [6.07, 6.45) is 0.975. The van der Waals surface area contributed by atoms with Crippen LogP contribution in [0.3, 0.4) is 0 Å². The Labute approximate surface area is 107 Å². The number of rotatable bonds is 4. The zero-order valence-corrected chi connectivity index (χ0v) is 10.1. The quantitative estimate of drug-likeness (QED) is 0.871. The number of hydrogen-bond donors (Lipinski definition) is 1. The number of benzene rings is 1. The van der Waals surface area contributed by atoms with Crippen LogP contribution in [0.15, 0.2) is 30.3 Å². The predicted molar refractivity (Wildman–Crippen MR) is 66.7 cm³/mol. The van der Waals surface area contributed by atoms with Gasteiger partial charge in [0.05, 0.1) is 12.7 Å². The predicted octanol–water partition coefficient (Wildman–Crippen LogP) is 1.45. The molecule has 2 atom stereocenters. The molecule has 0 bridgehead atoms. The molecule has 94 valence electrons. The van der Waals surface area contributed by atoms with Crippen LogP contribution in [0.1, 0.15) is 17.9 Å². The Bertz CT molecular complexity index is 433. The van der Waals surface area contributed by atoms with Crippen LogP contribution in [0.2, 0.25) is 0 Å². The number of nitriles is 1. The monoisotopic (exact) mass is 244 g/mol. The first-order chi connectivity index (χ1) is 8.81. The van der Waals surface area contributed by atoms with Crippen molar-refractivity contribution < 1.29 is 9.53 Å². The zero-order chi connectivity index (χ0) is 12.8. The summed E-state index contributed by atoms with van der Waals surface area (Å²) < 4.78 is 5.24. The Kier molecular flexibility index (Phi) is 4.32. The molecule has 0 aliphatic carbocycles. The van der Waals surface area contributed by atoms with Crippen molar-refractivity contribution in [3.8, 4) is 6.07 Å². The molecule has 0 aromatic heterocycles. The summed E-state index contributed by atoms with van der Waals surface area (Å²) in [5.41, 5.74) is 0.736. The van der Waals surface area contributed by atoms with Crippen molar-refractivity contribution >= 4 is 5.91 Å². The molecule has 4 heteroatoms. The van der Waals surface area contributed by atoms with E-state index in [4.69, 9.17) is 10.00 Å². The van der Waals surface area contributed by atoms with Crippen LogP contribution in [-0.4, -0.2) is 25.7 Å². The topological polar surface area (TPSA) is 62.1 Å². The summed E-state index contributed by atoms with van der Waals surface area (Å²) in [6, 6.07) is 11.2. The summed E-state index contributed by atoms with van der Waals surface area (Å²) in [5, 5.41) is 11.9. The summed E-state index contributed by atoms with van der Waals surface area (Å²) in [5.74, 6) is -0.576. The van der Waals surface area contributed by atoms with Crippen LogP contribution in [0, 0.1) is 17.2 Å². The van der Waals surface area contributed by atoms with Gasteiger partial charge in [-0.05, 0) is 12.0 Å². The van der Waals surface area contributed by atoms with E-state index < -0.39 is 5.92 Å². The highest BCUT2D eigenvalue weighted by Crippen LogP contribution is 2.15. The third-order valence-corrected chi connectivity index (χ3v) is 3.11. The number of carbonyl (C=O) groups is 1. The fraction of sp³-hybridized carbons (Fsp3) is 0.429. The molecule has 1 aromatic rings. The number of ether oxygens (including phenoxy) is 1. The highest BCUT2D eigenvalue weighted by Gasteiger charge is 2.22. The molecule has 4 nitrogen and oxygen atoms in total. The van der Waals surface area contributed by atoms with E-state index in [0.717, 1.165) is 18.6 Å². The van der Waals surface area contributed by atoms with Gasteiger partial charge in [0.25, 0.3) is 0 Å². The van der Waals surface area contributed by atoms with Gasteiger partial charge in [-0.25, -0.2) is 0 Å². The van der Waals surface area contributed by atoms with Gasteiger partial charge in [-0.1, -0.05) is 30.3 Å². The third-order valence-electron chi connectivity index (χ3n) is 3.11. The summed E-state index contributed by atoms with van der Waals surface area (Å²) in [7, 11) is 0. The molecule has 0 radical (unpaired) electrons. The van der Waals surface area contributed by atoms with Crippen LogP contribution in [0.4, 0.5) is 0 Å². The maximum atomic E-state index is 12.0. The standard InChI is InChI=1S/C14H16N2O2/c15-8-13(12-4-2-1-3-5-12)14(17)16-9-11-6-7-18-10-11/h1-5,11,13H,6-7,9-10H2,(H,16,17). The largest absolute Gasteiger partial charge is 0.381 e. The molecule has 1 N–H and O–H groups in total. The summed E-state index contributed by atoms with van der Waals surface area (Å²) >= 11 is 0. The molecule has 2 rings (SSSR count). The van der Waals surface area contributed by atoms with Crippen molar-refractivity contribution in [2.24, 2.45) is 5.92 Å². The van der Waals surface area contributed by atoms with E-state index >= 15 is 0 Å². The van der Waals surface area contributed by atoms with Gasteiger partial charge in [0.1, 0.15) is 5.92 Å². The first-order valence-corrected chi connectivity index (χ1v) is 6.11. The van der Waals surface area contributed by atoms with Gasteiger partial charge in [0.2, 0.25) is 5.91 Å². The minimum Gasteiger partial charge on any atom is -0.381 e. The molecule has 18 heavy (non-hydrogen) atoms. The number of amides is 1. The first kappa shape index (κ1) is 12.6. The average molecular weight is 244 g/mol. The molecule has 0 saturated carbocycles. The Morgan fingerprint density at radius 3 is 2.89 bits per heavy atom. The summed E-state index contributed by atoms with van der Waals surface area (Å²) in [4.78, 5) is 12.0. The molecule has 1 aromatic carbocycles. The van der Waals surface area contributed by atoms with Crippen molar-refractivity contribution in [2.45, 2.75) is 12.3 Å². The second-order valence-electron chi connectivity index (χ2n) is 4.45. The second-order valence-corrected chi connectivity index (χ2v) is 4.45. The Balaban J connectivity index is 1.92. The maximum absolute atomic E-state index is 12.0. The van der Waals surface area contributed by atoms with Gasteiger partial charge >= 0.3 is 0 Å². The van der Waals surface area contributed by atoms with Crippen LogP contribution < -0.4 is 5.32 Å². The van der Waals surface area contributed by atoms with E-state index in [1.807, 2.05) is 18.2 Å². The number of hydrogen-bond acceptors (Lipinski definition) is 3. The minimum absolute atomic E-state index is 0.226. The van der Waals surface area contributed by atoms with Crippen molar-refractivity contribution in [3.63, 3.8) is 0 Å². The normalized spacial score (nSPS) is 20.1. The second kappa shape index (κ2) is 6.18. The third kappa shape index (κ3) is 3.08. The molecule has 2 unspecified atom stereocenters. The van der Waals surface area contributed by atoms with Crippen molar-refractivity contribution in [3.05, 3.63) is 35.9 Å². The molecule has 1 fully saturated rings. The molecule has 1 aliphatic rings. The molecular formula is C14H16N2O2. The van der Waals surface area contributed by atoms with Crippen molar-refractivity contribution in [2.75, 3.05) is 19.8 Å². The fourth-order valence-corrected chi connectivity index (χ4v) is 2.02. The van der Waals surface area contributed by atoms with E-state index in [-0.39, 0.29) is 5.91 Å². The van der Waals surface area contributed by atoms with Gasteiger partial charge in [-0.15, -0.1) is 0 Å². The Morgan fingerprint density at radius 2 is 2.28 bits per heavy atom. The van der Waals surface area contributed by atoms with E-state index in [0.29, 0.717) is 19.1 Å². The lowest BCUT2D eigenvalue weighted by Crippen LogP contribution is -2.33. The van der Waals surface area contributed by atoms with Crippen molar-refractivity contribution in [1.82, 2.24) is 5.32 Å². The molecule has 0 spiro atoms. The molecular weight excluding hydrogens is 228 g/mol. The SMILES string of the molecule is N#CC(C(=O)NCC1CCOC1)c1ccccc1. The molecule has 1 saturated heterocycles. The first-order valence-electron chi connectivity index (χ1n) is 6.11. The van der Waals surface area contributed by atoms with Crippen LogP contribution in [0.25, 0.3) is 0 Å². The lowest BCUT2D eigenvalue weighted by atomic mass is 9.99. The van der Waals surface area contributed by atoms with E-state index in [9.17, 15) is 4.79 Å². The van der Waals surface area contributed by atoms with Gasteiger partial charge < -0.3 is 10.1 Å². The minimum atomic E-state index is -0.728. The lowest BCUT2D eigenvalue weighted by molar-refractivity contribution is -0.121. The average Bonchev–Trinajstić information content (AvgIpc) is 2.92. The molecule has 1 aliphatic heterocycles. The van der Waals surface area contributed by atoms with Gasteiger partial charge in [0, 0.05) is 19.1 Å². The Morgan fingerprint density at radius 1 is 1.50 bits per heavy atom. The van der Waals surface area contributed by atoms with Gasteiger partial charge in [-0.2, -0.15) is 5.26 Å². The van der Waals surface area contributed by atoms with Crippen LogP contribution >= 0.6 is 0 Å². The lowest BCUT2D eigenvalue weighted by Gasteiger charge is -2.13. The number of nitrogens with one attached hydrogen (secondary N) is 1. The highest BCUT2D eigenvalue weighted by atomic mass is 16.5. The fourth-order valence-electron chi connectivity index (χ4n) is 2.02. The highest BCUT2D eigenvalue weighted by molar-refractivity contribution is 5.86. The van der Waals surface area contributed by atoms with Crippen LogP contribution in [0.5, 0.6) is 0 Å². The van der Waals surface area contributed by atoms with E-state index in [1.54, 1.807) is 12.1 Å². The van der Waals surface area contributed by atoms with Gasteiger partial charge in [-0.3, -0.25) is 4.79 Å². The smallest absolute Gasteiger partial charge is 0.241 e. The van der Waals surface area contributed by atoms with Crippen LogP contribution in [-0.2, 0) is 9.53 Å². The van der Waals surface area contributed by atoms with Gasteiger partial charge in [0.15, 0.2) is 0 Å². The van der Waals surface area contributed by atoms with Crippen molar-refractivity contribution in [1.29, 1.82) is 5.26 Å². The van der Waals surface area contributed by atoms with E-state index in [2.05, 4.69) is 11.4 Å².